The molecule has 3 rings (SSSR count). The molecule has 8 nitrogen and oxygen atoms in total. The van der Waals surface area contributed by atoms with Crippen LogP contribution >= 0.6 is 0 Å². The van der Waals surface area contributed by atoms with E-state index in [0.717, 1.165) is 16.8 Å². The van der Waals surface area contributed by atoms with Crippen molar-refractivity contribution in [3.05, 3.63) is 60.5 Å². The Hall–Kier alpha value is -3.52. The number of nitrogens with two attached hydrogens (primary N) is 2. The smallest absolute Gasteiger partial charge is 0.270 e. The van der Waals surface area contributed by atoms with Gasteiger partial charge < -0.3 is 20.8 Å². The molecule has 0 fully saturated rings. The van der Waals surface area contributed by atoms with Crippen LogP contribution < -0.4 is 16.4 Å². The van der Waals surface area contributed by atoms with E-state index in [4.69, 9.17) is 15.9 Å². The third kappa shape index (κ3) is 4.01. The van der Waals surface area contributed by atoms with Gasteiger partial charge in [-0.1, -0.05) is 30.4 Å². The fraction of sp³-hybridized carbons (Fsp3) is 0.158. The molecule has 0 bridgehead atoms. The molecule has 0 saturated heterocycles. The number of hydrogen-bond donors (Lipinski definition) is 2. The molecule has 3 aromatic rings. The molecule has 2 heterocycles. The quantitative estimate of drug-likeness (QED) is 0.641. The van der Waals surface area contributed by atoms with Crippen molar-refractivity contribution in [2.45, 2.75) is 6.92 Å². The van der Waals surface area contributed by atoms with E-state index in [1.807, 2.05) is 55.3 Å². The lowest BCUT2D eigenvalue weighted by atomic mass is 10.2. The van der Waals surface area contributed by atoms with Gasteiger partial charge in [0.05, 0.1) is 6.20 Å². The molecule has 0 amide bonds. The van der Waals surface area contributed by atoms with Crippen LogP contribution in [0.5, 0.6) is 0 Å². The second-order valence-corrected chi connectivity index (χ2v) is 5.99. The number of nitrogen functional groups attached to an aromatic ring is 1. The fourth-order valence-corrected chi connectivity index (χ4v) is 2.45. The average Bonchev–Trinajstić information content (AvgIpc) is 3.16. The lowest BCUT2D eigenvalue weighted by Crippen LogP contribution is -2.24. The van der Waals surface area contributed by atoms with Crippen LogP contribution in [0.2, 0.25) is 0 Å². The van der Waals surface area contributed by atoms with Gasteiger partial charge in [0.15, 0.2) is 17.3 Å². The first kappa shape index (κ1) is 18.3. The van der Waals surface area contributed by atoms with E-state index in [0.29, 0.717) is 23.9 Å². The molecular formula is C19H21N7O. The summed E-state index contributed by atoms with van der Waals surface area (Å²) < 4.78 is 5.75. The molecule has 0 aliphatic rings. The molecule has 0 spiro atoms. The van der Waals surface area contributed by atoms with Gasteiger partial charge in [0.1, 0.15) is 0 Å². The Balaban J connectivity index is 1.97. The van der Waals surface area contributed by atoms with Crippen molar-refractivity contribution in [2.75, 3.05) is 24.2 Å². The minimum Gasteiger partial charge on any atom is -0.414 e. The highest BCUT2D eigenvalue weighted by Gasteiger charge is 2.18. The Morgan fingerprint density at radius 3 is 2.59 bits per heavy atom. The Labute approximate surface area is 157 Å². The van der Waals surface area contributed by atoms with E-state index in [2.05, 4.69) is 26.7 Å². The highest BCUT2D eigenvalue weighted by Crippen LogP contribution is 2.27. The molecule has 4 N–H and O–H groups in total. The van der Waals surface area contributed by atoms with Crippen LogP contribution in [0.15, 0.2) is 64.9 Å². The number of rotatable bonds is 6. The summed E-state index contributed by atoms with van der Waals surface area (Å²) in [5, 5.41) is 8.14. The van der Waals surface area contributed by atoms with E-state index in [1.165, 1.54) is 0 Å². The normalized spacial score (nSPS) is 11.4. The topological polar surface area (TPSA) is 120 Å². The van der Waals surface area contributed by atoms with Crippen LogP contribution in [-0.2, 0) is 0 Å². The van der Waals surface area contributed by atoms with Gasteiger partial charge in [-0.25, -0.2) is 9.97 Å². The van der Waals surface area contributed by atoms with Crippen LogP contribution in [0.3, 0.4) is 0 Å². The summed E-state index contributed by atoms with van der Waals surface area (Å²) in [7, 11) is 1.84. The van der Waals surface area contributed by atoms with Crippen molar-refractivity contribution >= 4 is 11.6 Å². The maximum Gasteiger partial charge on any atom is 0.270 e. The number of anilines is 2. The van der Waals surface area contributed by atoms with Gasteiger partial charge in [-0.05, 0) is 25.1 Å². The van der Waals surface area contributed by atoms with Crippen LogP contribution in [0.25, 0.3) is 23.0 Å². The Morgan fingerprint density at radius 1 is 1.22 bits per heavy atom. The number of nitrogens with zero attached hydrogens (tertiary/aromatic N) is 5. The van der Waals surface area contributed by atoms with Crippen molar-refractivity contribution in [1.29, 1.82) is 0 Å². The predicted molar refractivity (Wildman–Crippen MR) is 106 cm³/mol. The van der Waals surface area contributed by atoms with Gasteiger partial charge in [-0.2, -0.15) is 0 Å². The van der Waals surface area contributed by atoms with Crippen LogP contribution in [0, 0.1) is 0 Å². The minimum atomic E-state index is 0.201. The molecule has 0 saturated carbocycles. The molecule has 0 atom stereocenters. The van der Waals surface area contributed by atoms with E-state index < -0.39 is 0 Å². The van der Waals surface area contributed by atoms with Gasteiger partial charge in [0.25, 0.3) is 5.89 Å². The molecule has 0 radical (unpaired) electrons. The summed E-state index contributed by atoms with van der Waals surface area (Å²) in [4.78, 5) is 10.6. The van der Waals surface area contributed by atoms with Crippen LogP contribution in [0.4, 0.5) is 11.6 Å². The monoisotopic (exact) mass is 363 g/mol. The second kappa shape index (κ2) is 7.79. The van der Waals surface area contributed by atoms with Crippen molar-refractivity contribution in [2.24, 2.45) is 5.73 Å². The lowest BCUT2D eigenvalue weighted by molar-refractivity contribution is 0.582. The van der Waals surface area contributed by atoms with Crippen LogP contribution in [-0.4, -0.2) is 33.8 Å². The zero-order valence-electron chi connectivity index (χ0n) is 15.3. The highest BCUT2D eigenvalue weighted by atomic mass is 16.4. The summed E-state index contributed by atoms with van der Waals surface area (Å²) in [5.74, 6) is 1.34. The van der Waals surface area contributed by atoms with Gasteiger partial charge in [0.2, 0.25) is 5.89 Å². The molecule has 1 aromatic carbocycles. The third-order valence-corrected chi connectivity index (χ3v) is 3.83. The Bertz CT molecular complexity index is 979. The van der Waals surface area contributed by atoms with Gasteiger partial charge in [-0.3, -0.25) is 0 Å². The predicted octanol–water partition coefficient (Wildman–Crippen LogP) is 2.63. The van der Waals surface area contributed by atoms with Gasteiger partial charge in [-0.15, -0.1) is 10.2 Å². The second-order valence-electron chi connectivity index (χ2n) is 5.99. The maximum atomic E-state index is 5.99. The van der Waals surface area contributed by atoms with Gasteiger partial charge >= 0.3 is 0 Å². The van der Waals surface area contributed by atoms with Crippen LogP contribution in [0.1, 0.15) is 6.92 Å². The maximum absolute atomic E-state index is 5.99. The zero-order valence-corrected chi connectivity index (χ0v) is 15.3. The highest BCUT2D eigenvalue weighted by molar-refractivity contribution is 5.66. The lowest BCUT2D eigenvalue weighted by Gasteiger charge is -2.21. The van der Waals surface area contributed by atoms with E-state index in [1.54, 1.807) is 6.20 Å². The standard InChI is InChI=1S/C19H21N7O/c1-12(2)9-14(10-20)26(3)15-11-22-17(21)16(23-15)19-25-24-18(27-19)13-7-5-4-6-8-13/h4-9,11H,1,10,20H2,2-3H3,(H2,21,22). The fourth-order valence-electron chi connectivity index (χ4n) is 2.45. The van der Waals surface area contributed by atoms with E-state index >= 15 is 0 Å². The SMILES string of the molecule is C=C(C)C=C(CN)N(C)c1cnc(N)c(-c2nnc(-c3ccccc3)o2)n1. The molecule has 0 aliphatic carbocycles. The summed E-state index contributed by atoms with van der Waals surface area (Å²) >= 11 is 0. The first-order chi connectivity index (χ1) is 13.0. The molecule has 27 heavy (non-hydrogen) atoms. The molecule has 8 heteroatoms. The first-order valence-electron chi connectivity index (χ1n) is 8.31. The van der Waals surface area contributed by atoms with E-state index in [-0.39, 0.29) is 11.7 Å². The summed E-state index contributed by atoms with van der Waals surface area (Å²) in [6.07, 6.45) is 3.45. The third-order valence-electron chi connectivity index (χ3n) is 3.83. The first-order valence-corrected chi connectivity index (χ1v) is 8.31. The summed E-state index contributed by atoms with van der Waals surface area (Å²) in [6, 6.07) is 9.46. The van der Waals surface area contributed by atoms with Crippen molar-refractivity contribution in [3.8, 4) is 23.0 Å². The molecule has 0 unspecified atom stereocenters. The molecule has 138 valence electrons. The zero-order chi connectivity index (χ0) is 19.4. The van der Waals surface area contributed by atoms with E-state index in [9.17, 15) is 0 Å². The Morgan fingerprint density at radius 2 is 1.93 bits per heavy atom. The molecular weight excluding hydrogens is 342 g/mol. The Kier molecular flexibility index (Phi) is 5.28. The molecule has 2 aromatic heterocycles. The summed E-state index contributed by atoms with van der Waals surface area (Å²) in [5.41, 5.74) is 14.7. The van der Waals surface area contributed by atoms with Crippen molar-refractivity contribution in [1.82, 2.24) is 20.2 Å². The number of aromatic nitrogens is 4. The number of allylic oxidation sites excluding steroid dienone is 2. The molecule has 0 aliphatic heterocycles. The van der Waals surface area contributed by atoms with Crippen molar-refractivity contribution < 1.29 is 4.42 Å². The average molecular weight is 363 g/mol. The van der Waals surface area contributed by atoms with Gasteiger partial charge in [0, 0.05) is 24.9 Å². The minimum absolute atomic E-state index is 0.201. The number of likely N-dealkylation sites (N-methyl/N-ethyl adjacent to an activating group) is 1. The number of hydrogen-bond acceptors (Lipinski definition) is 8. The summed E-state index contributed by atoms with van der Waals surface area (Å²) in [6.45, 7) is 6.10. The number of benzene rings is 1. The largest absolute Gasteiger partial charge is 0.414 e. The van der Waals surface area contributed by atoms with Crippen molar-refractivity contribution in [3.63, 3.8) is 0 Å².